The Labute approximate surface area is 74.7 Å². The summed E-state index contributed by atoms with van der Waals surface area (Å²) in [4.78, 5) is 0. The van der Waals surface area contributed by atoms with Crippen molar-refractivity contribution in [2.45, 2.75) is 38.6 Å². The second-order valence-electron chi connectivity index (χ2n) is 4.69. The summed E-state index contributed by atoms with van der Waals surface area (Å²) in [6, 6.07) is 0. The summed E-state index contributed by atoms with van der Waals surface area (Å²) in [5.41, 5.74) is 0.863. The maximum absolute atomic E-state index is 5.42. The van der Waals surface area contributed by atoms with E-state index in [9.17, 15) is 0 Å². The van der Waals surface area contributed by atoms with Crippen LogP contribution in [0.3, 0.4) is 0 Å². The standard InChI is InChI=1S/C10H19NO/c1-9(2)10(3-6-11-9)4-7-12-8-5-10/h11H,3-8H2,1-2H3. The van der Waals surface area contributed by atoms with E-state index in [1.807, 2.05) is 0 Å². The third kappa shape index (κ3) is 1.09. The summed E-state index contributed by atoms with van der Waals surface area (Å²) in [5, 5.41) is 3.60. The second kappa shape index (κ2) is 2.71. The predicted molar refractivity (Wildman–Crippen MR) is 49.2 cm³/mol. The van der Waals surface area contributed by atoms with Gasteiger partial charge in [0, 0.05) is 18.8 Å². The van der Waals surface area contributed by atoms with Gasteiger partial charge in [-0.25, -0.2) is 0 Å². The smallest absolute Gasteiger partial charge is 0.0472 e. The molecule has 0 radical (unpaired) electrons. The van der Waals surface area contributed by atoms with Gasteiger partial charge in [-0.1, -0.05) is 0 Å². The minimum absolute atomic E-state index is 0.330. The second-order valence-corrected chi connectivity index (χ2v) is 4.69. The molecule has 2 saturated heterocycles. The molecule has 2 fully saturated rings. The van der Waals surface area contributed by atoms with E-state index in [1.165, 1.54) is 25.8 Å². The SMILES string of the molecule is CC1(C)NCCC12CCOCC2. The van der Waals surface area contributed by atoms with E-state index in [0.717, 1.165) is 13.2 Å². The van der Waals surface area contributed by atoms with Crippen LogP contribution in [0.5, 0.6) is 0 Å². The van der Waals surface area contributed by atoms with Gasteiger partial charge in [0.15, 0.2) is 0 Å². The van der Waals surface area contributed by atoms with E-state index < -0.39 is 0 Å². The molecule has 0 saturated carbocycles. The van der Waals surface area contributed by atoms with Gasteiger partial charge >= 0.3 is 0 Å². The number of nitrogens with one attached hydrogen (secondary N) is 1. The summed E-state index contributed by atoms with van der Waals surface area (Å²) in [5.74, 6) is 0. The van der Waals surface area contributed by atoms with Crippen molar-refractivity contribution < 1.29 is 4.74 Å². The molecule has 1 N–H and O–H groups in total. The molecule has 2 nitrogen and oxygen atoms in total. The van der Waals surface area contributed by atoms with Gasteiger partial charge in [-0.15, -0.1) is 0 Å². The van der Waals surface area contributed by atoms with E-state index in [1.54, 1.807) is 0 Å². The lowest BCUT2D eigenvalue weighted by molar-refractivity contribution is -0.0117. The van der Waals surface area contributed by atoms with Crippen molar-refractivity contribution in [2.24, 2.45) is 5.41 Å². The van der Waals surface area contributed by atoms with Gasteiger partial charge in [0.2, 0.25) is 0 Å². The highest BCUT2D eigenvalue weighted by Gasteiger charge is 2.48. The topological polar surface area (TPSA) is 21.3 Å². The summed E-state index contributed by atoms with van der Waals surface area (Å²) in [7, 11) is 0. The first kappa shape index (κ1) is 8.52. The molecule has 70 valence electrons. The van der Waals surface area contributed by atoms with Gasteiger partial charge in [-0.3, -0.25) is 0 Å². The van der Waals surface area contributed by atoms with Gasteiger partial charge < -0.3 is 10.1 Å². The molecular weight excluding hydrogens is 150 g/mol. The van der Waals surface area contributed by atoms with Crippen LogP contribution in [0.4, 0.5) is 0 Å². The zero-order valence-electron chi connectivity index (χ0n) is 8.15. The molecule has 2 rings (SSSR count). The summed E-state index contributed by atoms with van der Waals surface area (Å²) >= 11 is 0. The molecule has 2 heterocycles. The molecule has 12 heavy (non-hydrogen) atoms. The first-order valence-electron chi connectivity index (χ1n) is 4.99. The van der Waals surface area contributed by atoms with Crippen molar-refractivity contribution in [1.82, 2.24) is 5.32 Å². The van der Waals surface area contributed by atoms with E-state index in [0.29, 0.717) is 11.0 Å². The van der Waals surface area contributed by atoms with Crippen LogP contribution in [0.2, 0.25) is 0 Å². The highest BCUT2D eigenvalue weighted by molar-refractivity contribution is 5.04. The lowest BCUT2D eigenvalue weighted by Gasteiger charge is -2.43. The normalized spacial score (nSPS) is 32.5. The monoisotopic (exact) mass is 169 g/mol. The number of rotatable bonds is 0. The van der Waals surface area contributed by atoms with Gasteiger partial charge in [-0.2, -0.15) is 0 Å². The highest BCUT2D eigenvalue weighted by atomic mass is 16.5. The van der Waals surface area contributed by atoms with Crippen LogP contribution in [0.1, 0.15) is 33.1 Å². The molecule has 0 bridgehead atoms. The van der Waals surface area contributed by atoms with Gasteiger partial charge in [0.05, 0.1) is 0 Å². The van der Waals surface area contributed by atoms with Gasteiger partial charge in [0.25, 0.3) is 0 Å². The Balaban J connectivity index is 2.17. The molecule has 0 aliphatic carbocycles. The highest BCUT2D eigenvalue weighted by Crippen LogP contribution is 2.46. The van der Waals surface area contributed by atoms with Crippen LogP contribution in [0, 0.1) is 5.41 Å². The molecule has 2 aliphatic heterocycles. The lowest BCUT2D eigenvalue weighted by Crippen LogP contribution is -2.49. The predicted octanol–water partition coefficient (Wildman–Crippen LogP) is 1.56. The fraction of sp³-hybridized carbons (Fsp3) is 1.00. The molecule has 0 atom stereocenters. The van der Waals surface area contributed by atoms with Crippen molar-refractivity contribution in [3.05, 3.63) is 0 Å². The fourth-order valence-electron chi connectivity index (χ4n) is 2.75. The largest absolute Gasteiger partial charge is 0.381 e. The molecule has 0 unspecified atom stereocenters. The van der Waals surface area contributed by atoms with Crippen LogP contribution in [-0.4, -0.2) is 25.3 Å². The van der Waals surface area contributed by atoms with E-state index in [-0.39, 0.29) is 0 Å². The Bertz CT molecular complexity index is 171. The minimum Gasteiger partial charge on any atom is -0.381 e. The van der Waals surface area contributed by atoms with Crippen LogP contribution in [0.25, 0.3) is 0 Å². The Kier molecular flexibility index (Phi) is 1.92. The third-order valence-electron chi connectivity index (χ3n) is 3.95. The number of hydrogen-bond donors (Lipinski definition) is 1. The van der Waals surface area contributed by atoms with Crippen molar-refractivity contribution in [2.75, 3.05) is 19.8 Å². The van der Waals surface area contributed by atoms with E-state index in [2.05, 4.69) is 19.2 Å². The van der Waals surface area contributed by atoms with E-state index >= 15 is 0 Å². The van der Waals surface area contributed by atoms with Crippen molar-refractivity contribution in [1.29, 1.82) is 0 Å². The first-order valence-corrected chi connectivity index (χ1v) is 4.99. The molecule has 2 aliphatic rings. The summed E-state index contributed by atoms with van der Waals surface area (Å²) in [6.07, 6.45) is 3.82. The van der Waals surface area contributed by atoms with Crippen LogP contribution in [0.15, 0.2) is 0 Å². The average molecular weight is 169 g/mol. The van der Waals surface area contributed by atoms with Crippen molar-refractivity contribution in [3.8, 4) is 0 Å². The maximum Gasteiger partial charge on any atom is 0.0472 e. The van der Waals surface area contributed by atoms with E-state index in [4.69, 9.17) is 4.74 Å². The molecule has 0 amide bonds. The van der Waals surface area contributed by atoms with Gasteiger partial charge in [-0.05, 0) is 45.1 Å². The van der Waals surface area contributed by atoms with Crippen LogP contribution >= 0.6 is 0 Å². The molecule has 1 spiro atoms. The molecule has 0 aromatic heterocycles. The summed E-state index contributed by atoms with van der Waals surface area (Å²) in [6.45, 7) is 7.79. The zero-order valence-corrected chi connectivity index (χ0v) is 8.15. The van der Waals surface area contributed by atoms with Crippen LogP contribution in [-0.2, 0) is 4.74 Å². The average Bonchev–Trinajstić information content (AvgIpc) is 2.30. The zero-order chi connectivity index (χ0) is 8.66. The Morgan fingerprint density at radius 3 is 2.25 bits per heavy atom. The number of hydrogen-bond acceptors (Lipinski definition) is 2. The number of ether oxygens (including phenoxy) is 1. The Hall–Kier alpha value is -0.0800. The third-order valence-corrected chi connectivity index (χ3v) is 3.95. The minimum atomic E-state index is 0.330. The molecule has 0 aromatic carbocycles. The maximum atomic E-state index is 5.42. The lowest BCUT2D eigenvalue weighted by atomic mass is 9.67. The van der Waals surface area contributed by atoms with Crippen molar-refractivity contribution in [3.63, 3.8) is 0 Å². The Morgan fingerprint density at radius 2 is 1.75 bits per heavy atom. The van der Waals surface area contributed by atoms with Crippen LogP contribution < -0.4 is 5.32 Å². The molecule has 0 aromatic rings. The Morgan fingerprint density at radius 1 is 1.08 bits per heavy atom. The first-order chi connectivity index (χ1) is 5.66. The fourth-order valence-corrected chi connectivity index (χ4v) is 2.75. The summed E-state index contributed by atoms with van der Waals surface area (Å²) < 4.78 is 5.42. The quantitative estimate of drug-likeness (QED) is 0.594. The van der Waals surface area contributed by atoms with Crippen molar-refractivity contribution >= 4 is 0 Å². The molecule has 2 heteroatoms. The molecular formula is C10H19NO. The van der Waals surface area contributed by atoms with Gasteiger partial charge in [0.1, 0.15) is 0 Å².